The number of rotatable bonds is 6. The summed E-state index contributed by atoms with van der Waals surface area (Å²) < 4.78 is 5.69. The van der Waals surface area contributed by atoms with Crippen molar-refractivity contribution in [2.45, 2.75) is 64.1 Å². The van der Waals surface area contributed by atoms with Gasteiger partial charge in [0, 0.05) is 0 Å². The van der Waals surface area contributed by atoms with Crippen LogP contribution in [0.3, 0.4) is 0 Å². The van der Waals surface area contributed by atoms with Gasteiger partial charge in [-0.2, -0.15) is 0 Å². The molecule has 0 radical (unpaired) electrons. The van der Waals surface area contributed by atoms with Crippen molar-refractivity contribution in [2.24, 2.45) is 0 Å². The van der Waals surface area contributed by atoms with Crippen molar-refractivity contribution in [3.05, 3.63) is 29.8 Å². The molecule has 1 unspecified atom stereocenters. The molecule has 1 saturated carbocycles. The highest BCUT2D eigenvalue weighted by molar-refractivity contribution is 5.75. The number of carbonyl (C=O) groups is 1. The third-order valence-corrected chi connectivity index (χ3v) is 4.32. The van der Waals surface area contributed by atoms with Crippen LogP contribution >= 0.6 is 0 Å². The molecule has 0 heterocycles. The van der Waals surface area contributed by atoms with Gasteiger partial charge in [0.1, 0.15) is 5.75 Å². The van der Waals surface area contributed by atoms with Crippen LogP contribution in [0, 0.1) is 0 Å². The van der Waals surface area contributed by atoms with Gasteiger partial charge in [0.2, 0.25) is 0 Å². The van der Waals surface area contributed by atoms with Crippen LogP contribution < -0.4 is 15.4 Å². The van der Waals surface area contributed by atoms with E-state index in [4.69, 9.17) is 4.74 Å². The predicted molar refractivity (Wildman–Crippen MR) is 90.6 cm³/mol. The summed E-state index contributed by atoms with van der Waals surface area (Å²) in [6, 6.07) is 7.38. The lowest BCUT2D eigenvalue weighted by molar-refractivity contribution is 0.162. The third-order valence-electron chi connectivity index (χ3n) is 4.32. The molecule has 0 aliphatic heterocycles. The molecule has 5 heteroatoms. The van der Waals surface area contributed by atoms with Gasteiger partial charge in [-0.25, -0.2) is 4.79 Å². The average molecular weight is 320 g/mol. The zero-order chi connectivity index (χ0) is 16.9. The highest BCUT2D eigenvalue weighted by Crippen LogP contribution is 2.29. The Morgan fingerprint density at radius 1 is 1.30 bits per heavy atom. The molecule has 128 valence electrons. The van der Waals surface area contributed by atoms with E-state index in [0.29, 0.717) is 0 Å². The molecule has 1 aliphatic rings. The second-order valence-electron chi connectivity index (χ2n) is 6.70. The molecule has 0 bridgehead atoms. The third kappa shape index (κ3) is 4.86. The minimum atomic E-state index is -0.452. The maximum atomic E-state index is 12.2. The molecule has 2 rings (SSSR count). The normalized spacial score (nSPS) is 17.8. The standard InChI is InChI=1S/C18H28N2O3/c1-13(2)23-16-8-6-7-15(11-16)14(3)19-17(22)20-18(12-21)9-4-5-10-18/h6-8,11,13-14,21H,4-5,9-10,12H2,1-3H3,(H2,19,20,22). The van der Waals surface area contributed by atoms with Gasteiger partial charge in [0.15, 0.2) is 0 Å². The summed E-state index contributed by atoms with van der Waals surface area (Å²) in [6.07, 6.45) is 3.88. The van der Waals surface area contributed by atoms with Gasteiger partial charge >= 0.3 is 6.03 Å². The fraction of sp³-hybridized carbons (Fsp3) is 0.611. The van der Waals surface area contributed by atoms with Crippen LogP contribution in [0.15, 0.2) is 24.3 Å². The Kier molecular flexibility index (Phi) is 5.88. The summed E-state index contributed by atoms with van der Waals surface area (Å²) in [5, 5.41) is 15.5. The Morgan fingerprint density at radius 3 is 2.61 bits per heavy atom. The van der Waals surface area contributed by atoms with E-state index in [1.54, 1.807) is 0 Å². The highest BCUT2D eigenvalue weighted by atomic mass is 16.5. The van der Waals surface area contributed by atoms with Crippen molar-refractivity contribution in [1.29, 1.82) is 0 Å². The first-order chi connectivity index (χ1) is 10.9. The van der Waals surface area contributed by atoms with Crippen molar-refractivity contribution < 1.29 is 14.6 Å². The monoisotopic (exact) mass is 320 g/mol. The van der Waals surface area contributed by atoms with E-state index in [1.807, 2.05) is 45.0 Å². The van der Waals surface area contributed by atoms with Gasteiger partial charge in [0.05, 0.1) is 24.3 Å². The molecule has 2 amide bonds. The minimum Gasteiger partial charge on any atom is -0.491 e. The summed E-state index contributed by atoms with van der Waals surface area (Å²) >= 11 is 0. The van der Waals surface area contributed by atoms with Crippen LogP contribution in [0.2, 0.25) is 0 Å². The Hall–Kier alpha value is -1.75. The fourth-order valence-corrected chi connectivity index (χ4v) is 3.06. The van der Waals surface area contributed by atoms with E-state index in [1.165, 1.54) is 0 Å². The maximum absolute atomic E-state index is 12.2. The SMILES string of the molecule is CC(C)Oc1cccc(C(C)NC(=O)NC2(CO)CCCC2)c1. The predicted octanol–water partition coefficient (Wildman–Crippen LogP) is 3.14. The van der Waals surface area contributed by atoms with Crippen molar-refractivity contribution >= 4 is 6.03 Å². The second kappa shape index (κ2) is 7.68. The van der Waals surface area contributed by atoms with E-state index < -0.39 is 5.54 Å². The molecule has 1 aromatic carbocycles. The maximum Gasteiger partial charge on any atom is 0.315 e. The van der Waals surface area contributed by atoms with Crippen LogP contribution in [0.1, 0.15) is 58.1 Å². The lowest BCUT2D eigenvalue weighted by Gasteiger charge is -2.29. The summed E-state index contributed by atoms with van der Waals surface area (Å²) in [5.74, 6) is 0.800. The average Bonchev–Trinajstić information content (AvgIpc) is 2.95. The molecule has 1 aliphatic carbocycles. The molecule has 3 N–H and O–H groups in total. The topological polar surface area (TPSA) is 70.6 Å². The molecule has 23 heavy (non-hydrogen) atoms. The number of nitrogens with one attached hydrogen (secondary N) is 2. The van der Waals surface area contributed by atoms with E-state index in [2.05, 4.69) is 10.6 Å². The Labute approximate surface area is 138 Å². The molecule has 1 fully saturated rings. The zero-order valence-electron chi connectivity index (χ0n) is 14.3. The van der Waals surface area contributed by atoms with E-state index in [-0.39, 0.29) is 24.8 Å². The fourth-order valence-electron chi connectivity index (χ4n) is 3.06. The highest BCUT2D eigenvalue weighted by Gasteiger charge is 2.34. The number of amides is 2. The molecular weight excluding hydrogens is 292 g/mol. The van der Waals surface area contributed by atoms with Gasteiger partial charge in [-0.05, 0) is 51.3 Å². The number of aliphatic hydroxyl groups excluding tert-OH is 1. The van der Waals surface area contributed by atoms with Crippen LogP contribution in [0.5, 0.6) is 5.75 Å². The summed E-state index contributed by atoms with van der Waals surface area (Å²) in [4.78, 5) is 12.2. The number of hydrogen-bond donors (Lipinski definition) is 3. The van der Waals surface area contributed by atoms with Crippen molar-refractivity contribution in [1.82, 2.24) is 10.6 Å². The first kappa shape index (κ1) is 17.6. The van der Waals surface area contributed by atoms with Crippen molar-refractivity contribution in [3.8, 4) is 5.75 Å². The lowest BCUT2D eigenvalue weighted by Crippen LogP contribution is -2.53. The van der Waals surface area contributed by atoms with Crippen molar-refractivity contribution in [3.63, 3.8) is 0 Å². The van der Waals surface area contributed by atoms with Crippen LogP contribution in [0.25, 0.3) is 0 Å². The lowest BCUT2D eigenvalue weighted by atomic mass is 9.99. The summed E-state index contributed by atoms with van der Waals surface area (Å²) in [7, 11) is 0. The second-order valence-corrected chi connectivity index (χ2v) is 6.70. The zero-order valence-corrected chi connectivity index (χ0v) is 14.3. The van der Waals surface area contributed by atoms with Gasteiger partial charge < -0.3 is 20.5 Å². The van der Waals surface area contributed by atoms with Gasteiger partial charge in [0.25, 0.3) is 0 Å². The van der Waals surface area contributed by atoms with Gasteiger partial charge in [-0.3, -0.25) is 0 Å². The van der Waals surface area contributed by atoms with Gasteiger partial charge in [-0.1, -0.05) is 25.0 Å². The quantitative estimate of drug-likeness (QED) is 0.754. The van der Waals surface area contributed by atoms with E-state index in [9.17, 15) is 9.90 Å². The van der Waals surface area contributed by atoms with E-state index >= 15 is 0 Å². The number of urea groups is 1. The largest absolute Gasteiger partial charge is 0.491 e. The first-order valence-electron chi connectivity index (χ1n) is 8.40. The van der Waals surface area contributed by atoms with Gasteiger partial charge in [-0.15, -0.1) is 0 Å². The molecule has 1 aromatic rings. The van der Waals surface area contributed by atoms with Crippen LogP contribution in [-0.2, 0) is 0 Å². The Morgan fingerprint density at radius 2 is 2.00 bits per heavy atom. The molecular formula is C18H28N2O3. The van der Waals surface area contributed by atoms with Crippen LogP contribution in [0.4, 0.5) is 4.79 Å². The number of carbonyl (C=O) groups excluding carboxylic acids is 1. The number of hydrogen-bond acceptors (Lipinski definition) is 3. The Balaban J connectivity index is 1.95. The smallest absolute Gasteiger partial charge is 0.315 e. The Bertz CT molecular complexity index is 525. The first-order valence-corrected chi connectivity index (χ1v) is 8.40. The van der Waals surface area contributed by atoms with Crippen molar-refractivity contribution in [2.75, 3.05) is 6.61 Å². The number of benzene rings is 1. The molecule has 0 spiro atoms. The van der Waals surface area contributed by atoms with E-state index in [0.717, 1.165) is 37.0 Å². The molecule has 1 atom stereocenters. The van der Waals surface area contributed by atoms with Crippen LogP contribution in [-0.4, -0.2) is 29.4 Å². The summed E-state index contributed by atoms with van der Waals surface area (Å²) in [5.41, 5.74) is 0.537. The summed E-state index contributed by atoms with van der Waals surface area (Å²) in [6.45, 7) is 5.90. The molecule has 5 nitrogen and oxygen atoms in total. The number of ether oxygens (including phenoxy) is 1. The minimum absolute atomic E-state index is 0.00743. The molecule has 0 saturated heterocycles. The number of aliphatic hydroxyl groups is 1. The molecule has 0 aromatic heterocycles.